The van der Waals surface area contributed by atoms with Crippen molar-refractivity contribution in [1.29, 1.82) is 0 Å². The van der Waals surface area contributed by atoms with Crippen LogP contribution in [0.15, 0.2) is 0 Å². The Morgan fingerprint density at radius 1 is 1.50 bits per heavy atom. The molecule has 0 aromatic carbocycles. The van der Waals surface area contributed by atoms with Gasteiger partial charge in [0.05, 0.1) is 0 Å². The molecule has 3 nitrogen and oxygen atoms in total. The van der Waals surface area contributed by atoms with E-state index < -0.39 is 24.9 Å². The number of carbonyl (C=O) groups is 1. The molecule has 0 heterocycles. The van der Waals surface area contributed by atoms with E-state index >= 15 is 0 Å². The Kier molecular flexibility index (Phi) is 3.87. The summed E-state index contributed by atoms with van der Waals surface area (Å²) in [5.74, 6) is -1.24. The highest BCUT2D eigenvalue weighted by molar-refractivity contribution is 5.72. The molecular formula is C5H9F2NO2. The monoisotopic (exact) mass is 153 g/mol. The van der Waals surface area contributed by atoms with Crippen LogP contribution < -0.4 is 5.73 Å². The molecule has 0 saturated carbocycles. The van der Waals surface area contributed by atoms with Gasteiger partial charge in [0.1, 0.15) is 6.04 Å². The first-order valence-corrected chi connectivity index (χ1v) is 2.80. The molecule has 10 heavy (non-hydrogen) atoms. The summed E-state index contributed by atoms with van der Waals surface area (Å²) >= 11 is 0. The van der Waals surface area contributed by atoms with Crippen molar-refractivity contribution in [2.75, 3.05) is 0 Å². The van der Waals surface area contributed by atoms with Crippen LogP contribution in [-0.2, 0) is 4.79 Å². The van der Waals surface area contributed by atoms with Crippen LogP contribution in [0.1, 0.15) is 12.8 Å². The zero-order valence-electron chi connectivity index (χ0n) is 5.26. The Hall–Kier alpha value is -0.710. The van der Waals surface area contributed by atoms with Gasteiger partial charge in [0.15, 0.2) is 0 Å². The minimum Gasteiger partial charge on any atom is -0.480 e. The molecule has 0 bridgehead atoms. The van der Waals surface area contributed by atoms with E-state index in [1.165, 1.54) is 0 Å². The summed E-state index contributed by atoms with van der Waals surface area (Å²) in [6, 6.07) is -1.16. The first kappa shape index (κ1) is 9.29. The molecule has 0 aromatic rings. The van der Waals surface area contributed by atoms with Gasteiger partial charge in [-0.05, 0) is 6.42 Å². The topological polar surface area (TPSA) is 63.3 Å². The Balaban J connectivity index is 3.40. The Morgan fingerprint density at radius 2 is 2.00 bits per heavy atom. The number of rotatable bonds is 4. The molecule has 0 aliphatic heterocycles. The van der Waals surface area contributed by atoms with Crippen LogP contribution in [0.4, 0.5) is 8.78 Å². The smallest absolute Gasteiger partial charge is 0.320 e. The summed E-state index contributed by atoms with van der Waals surface area (Å²) in [5, 5.41) is 8.12. The molecule has 0 fully saturated rings. The van der Waals surface area contributed by atoms with Crippen molar-refractivity contribution in [1.82, 2.24) is 0 Å². The number of alkyl halides is 2. The zero-order valence-corrected chi connectivity index (χ0v) is 5.26. The third kappa shape index (κ3) is 4.20. The average molecular weight is 153 g/mol. The van der Waals surface area contributed by atoms with Crippen molar-refractivity contribution in [3.8, 4) is 0 Å². The molecule has 60 valence electrons. The molecule has 0 amide bonds. The fourth-order valence-corrected chi connectivity index (χ4v) is 0.429. The molecule has 0 spiro atoms. The first-order valence-electron chi connectivity index (χ1n) is 2.80. The van der Waals surface area contributed by atoms with Crippen LogP contribution in [0, 0.1) is 0 Å². The highest BCUT2D eigenvalue weighted by Gasteiger charge is 2.13. The molecule has 3 N–H and O–H groups in total. The number of hydrogen-bond donors (Lipinski definition) is 2. The molecule has 0 unspecified atom stereocenters. The second-order valence-corrected chi connectivity index (χ2v) is 1.91. The lowest BCUT2D eigenvalue weighted by Crippen LogP contribution is -2.30. The lowest BCUT2D eigenvalue weighted by atomic mass is 10.2. The van der Waals surface area contributed by atoms with E-state index in [0.717, 1.165) is 0 Å². The molecule has 0 aliphatic rings. The Morgan fingerprint density at radius 3 is 2.30 bits per heavy atom. The van der Waals surface area contributed by atoms with Gasteiger partial charge in [-0.2, -0.15) is 0 Å². The van der Waals surface area contributed by atoms with Crippen LogP contribution in [-0.4, -0.2) is 23.5 Å². The van der Waals surface area contributed by atoms with Gasteiger partial charge in [0.2, 0.25) is 6.43 Å². The van der Waals surface area contributed by atoms with Crippen LogP contribution >= 0.6 is 0 Å². The van der Waals surface area contributed by atoms with E-state index in [2.05, 4.69) is 0 Å². The minimum absolute atomic E-state index is 0.174. The van der Waals surface area contributed by atoms with Crippen molar-refractivity contribution < 1.29 is 18.7 Å². The summed E-state index contributed by atoms with van der Waals surface area (Å²) in [6.07, 6.45) is -3.09. The standard InChI is InChI=1S/C5H9F2NO2/c6-4(7)2-1-3(8)5(9)10/h3-4H,1-2,8H2,(H,9,10)/t3-/m1/s1. The fourth-order valence-electron chi connectivity index (χ4n) is 0.429. The second-order valence-electron chi connectivity index (χ2n) is 1.91. The second kappa shape index (κ2) is 4.16. The minimum atomic E-state index is -2.47. The SMILES string of the molecule is N[C@H](CCC(F)F)C(=O)O. The molecule has 0 saturated heterocycles. The highest BCUT2D eigenvalue weighted by Crippen LogP contribution is 2.04. The maximum Gasteiger partial charge on any atom is 0.320 e. The van der Waals surface area contributed by atoms with Gasteiger partial charge in [-0.3, -0.25) is 4.79 Å². The summed E-state index contributed by atoms with van der Waals surface area (Å²) < 4.78 is 22.8. The number of aliphatic carboxylic acids is 1. The van der Waals surface area contributed by atoms with Crippen LogP contribution in [0.5, 0.6) is 0 Å². The zero-order chi connectivity index (χ0) is 8.15. The number of hydrogen-bond acceptors (Lipinski definition) is 2. The average Bonchev–Trinajstić information content (AvgIpc) is 1.82. The maximum atomic E-state index is 11.4. The maximum absolute atomic E-state index is 11.4. The lowest BCUT2D eigenvalue weighted by molar-refractivity contribution is -0.138. The number of nitrogens with two attached hydrogens (primary N) is 1. The molecular weight excluding hydrogens is 144 g/mol. The van der Waals surface area contributed by atoms with Crippen molar-refractivity contribution in [3.05, 3.63) is 0 Å². The molecule has 0 aromatic heterocycles. The third-order valence-corrected chi connectivity index (χ3v) is 1.01. The highest BCUT2D eigenvalue weighted by atomic mass is 19.3. The molecule has 5 heteroatoms. The van der Waals surface area contributed by atoms with Crippen molar-refractivity contribution in [2.24, 2.45) is 5.73 Å². The summed E-state index contributed by atoms with van der Waals surface area (Å²) in [4.78, 5) is 9.94. The van der Waals surface area contributed by atoms with E-state index in [1.54, 1.807) is 0 Å². The molecule has 0 aliphatic carbocycles. The van der Waals surface area contributed by atoms with Crippen molar-refractivity contribution in [3.63, 3.8) is 0 Å². The molecule has 0 radical (unpaired) electrons. The predicted octanol–water partition coefficient (Wildman–Crippen LogP) is 0.444. The summed E-state index contributed by atoms with van der Waals surface area (Å²) in [5.41, 5.74) is 4.93. The Bertz CT molecular complexity index is 118. The Labute approximate surface area is 56.8 Å². The summed E-state index contributed by atoms with van der Waals surface area (Å²) in [6.45, 7) is 0. The van der Waals surface area contributed by atoms with Crippen LogP contribution in [0.2, 0.25) is 0 Å². The van der Waals surface area contributed by atoms with Crippen LogP contribution in [0.25, 0.3) is 0 Å². The quantitative estimate of drug-likeness (QED) is 0.616. The first-order chi connectivity index (χ1) is 4.54. The van der Waals surface area contributed by atoms with E-state index in [-0.39, 0.29) is 6.42 Å². The van der Waals surface area contributed by atoms with E-state index in [9.17, 15) is 13.6 Å². The fraction of sp³-hybridized carbons (Fsp3) is 0.800. The molecule has 1 atom stereocenters. The van der Waals surface area contributed by atoms with E-state index in [0.29, 0.717) is 0 Å². The number of carboxylic acids is 1. The lowest BCUT2D eigenvalue weighted by Gasteiger charge is -2.03. The van der Waals surface area contributed by atoms with Gasteiger partial charge in [-0.15, -0.1) is 0 Å². The van der Waals surface area contributed by atoms with Gasteiger partial charge in [0.25, 0.3) is 0 Å². The largest absolute Gasteiger partial charge is 0.480 e. The van der Waals surface area contributed by atoms with Gasteiger partial charge in [0, 0.05) is 6.42 Å². The normalized spacial score (nSPS) is 13.6. The number of halogens is 2. The van der Waals surface area contributed by atoms with Gasteiger partial charge in [-0.1, -0.05) is 0 Å². The van der Waals surface area contributed by atoms with Gasteiger partial charge >= 0.3 is 5.97 Å². The summed E-state index contributed by atoms with van der Waals surface area (Å²) in [7, 11) is 0. The third-order valence-electron chi connectivity index (χ3n) is 1.01. The predicted molar refractivity (Wildman–Crippen MR) is 30.8 cm³/mol. The van der Waals surface area contributed by atoms with Crippen molar-refractivity contribution in [2.45, 2.75) is 25.3 Å². The van der Waals surface area contributed by atoms with Gasteiger partial charge in [-0.25, -0.2) is 8.78 Å². The number of carboxylic acid groups (broad SMARTS) is 1. The molecule has 0 rings (SSSR count). The van der Waals surface area contributed by atoms with Crippen LogP contribution in [0.3, 0.4) is 0 Å². The van der Waals surface area contributed by atoms with E-state index in [1.807, 2.05) is 0 Å². The van der Waals surface area contributed by atoms with Crippen molar-refractivity contribution >= 4 is 5.97 Å². The van der Waals surface area contributed by atoms with Gasteiger partial charge < -0.3 is 10.8 Å². The van der Waals surface area contributed by atoms with E-state index in [4.69, 9.17) is 10.8 Å².